The van der Waals surface area contributed by atoms with Gasteiger partial charge in [-0.1, -0.05) is 19.8 Å². The minimum Gasteiger partial charge on any atom is -0.495 e. The van der Waals surface area contributed by atoms with E-state index in [2.05, 4.69) is 62.6 Å². The van der Waals surface area contributed by atoms with Crippen molar-refractivity contribution < 1.29 is 13.9 Å². The standard InChI is InChI=1S/C36H47FN10O2/c1-5-30-33-29(18-38)41-20-46(33)31-19-40-36(44-34(31)47(30)21(2)3)43-28-17-27(37)26(16-32(28)49-4)35(48)42-23-10-13-45(24-8-11-39-12-9-24)25(15-23)14-22-6-7-22/h16-17,19-25,30,39H,5-15H2,1-4H3,(H,42,48)(H,40,43,44)/t23?,25-,30-/m1/s1. The molecule has 7 rings (SSSR count). The number of benzene rings is 1. The minimum absolute atomic E-state index is 0.00240. The Morgan fingerprint density at radius 3 is 2.67 bits per heavy atom. The van der Waals surface area contributed by atoms with Crippen LogP contribution in [-0.4, -0.2) is 81.2 Å². The van der Waals surface area contributed by atoms with Crippen LogP contribution in [0.3, 0.4) is 0 Å². The highest BCUT2D eigenvalue weighted by molar-refractivity contribution is 5.96. The van der Waals surface area contributed by atoms with Gasteiger partial charge in [-0.3, -0.25) is 14.3 Å². The number of hydrogen-bond acceptors (Lipinski definition) is 10. The number of aromatic nitrogens is 4. The molecule has 0 spiro atoms. The summed E-state index contributed by atoms with van der Waals surface area (Å²) in [5.41, 5.74) is 2.17. The first-order valence-corrected chi connectivity index (χ1v) is 17.8. The number of carbonyl (C=O) groups is 1. The number of halogens is 1. The lowest BCUT2D eigenvalue weighted by Crippen LogP contribution is -2.55. The summed E-state index contributed by atoms with van der Waals surface area (Å²) in [5, 5.41) is 19.5. The lowest BCUT2D eigenvalue weighted by molar-refractivity contribution is 0.0521. The fourth-order valence-corrected chi connectivity index (χ4v) is 8.18. The first-order chi connectivity index (χ1) is 23.8. The Morgan fingerprint density at radius 1 is 1.18 bits per heavy atom. The molecule has 0 radical (unpaired) electrons. The van der Waals surface area contributed by atoms with Crippen LogP contribution in [0.1, 0.15) is 99.9 Å². The first kappa shape index (κ1) is 33.2. The zero-order valence-electron chi connectivity index (χ0n) is 28.9. The number of nitriles is 1. The molecule has 1 aromatic carbocycles. The molecular formula is C36H47FN10O2. The number of nitrogens with zero attached hydrogens (tertiary/aromatic N) is 7. The summed E-state index contributed by atoms with van der Waals surface area (Å²) in [7, 11) is 1.49. The summed E-state index contributed by atoms with van der Waals surface area (Å²) >= 11 is 0. The van der Waals surface area contributed by atoms with E-state index in [9.17, 15) is 10.1 Å². The number of likely N-dealkylation sites (tertiary alicyclic amines) is 1. The zero-order valence-corrected chi connectivity index (χ0v) is 28.9. The van der Waals surface area contributed by atoms with E-state index in [0.717, 1.165) is 50.5 Å². The molecule has 3 aromatic rings. The molecule has 12 nitrogen and oxygen atoms in total. The number of nitrogens with one attached hydrogen (secondary N) is 3. The zero-order chi connectivity index (χ0) is 34.2. The fourth-order valence-electron chi connectivity index (χ4n) is 8.18. The normalized spacial score (nSPS) is 22.7. The van der Waals surface area contributed by atoms with Crippen molar-refractivity contribution in [3.63, 3.8) is 0 Å². The van der Waals surface area contributed by atoms with E-state index in [1.54, 1.807) is 12.5 Å². The van der Waals surface area contributed by atoms with Gasteiger partial charge in [-0.05, 0) is 77.4 Å². The maximum absolute atomic E-state index is 15.7. The van der Waals surface area contributed by atoms with Gasteiger partial charge in [-0.25, -0.2) is 14.4 Å². The molecule has 2 saturated heterocycles. The highest BCUT2D eigenvalue weighted by Crippen LogP contribution is 2.42. The molecule has 3 N–H and O–H groups in total. The summed E-state index contributed by atoms with van der Waals surface area (Å²) in [6.07, 6.45) is 11.9. The number of rotatable bonds is 10. The van der Waals surface area contributed by atoms with Crippen LogP contribution in [0, 0.1) is 23.1 Å². The molecule has 4 aliphatic rings. The molecule has 49 heavy (non-hydrogen) atoms. The Labute approximate surface area is 287 Å². The Hall–Kier alpha value is -4.28. The van der Waals surface area contributed by atoms with Crippen molar-refractivity contribution in [2.24, 2.45) is 5.92 Å². The van der Waals surface area contributed by atoms with Crippen LogP contribution in [0.15, 0.2) is 24.7 Å². The van der Waals surface area contributed by atoms with Crippen LogP contribution in [-0.2, 0) is 0 Å². The van der Waals surface area contributed by atoms with Gasteiger partial charge in [0.1, 0.15) is 29.7 Å². The largest absolute Gasteiger partial charge is 0.495 e. The van der Waals surface area contributed by atoms with Crippen LogP contribution >= 0.6 is 0 Å². The van der Waals surface area contributed by atoms with E-state index in [4.69, 9.17) is 9.72 Å². The van der Waals surface area contributed by atoms with Crippen LogP contribution < -0.4 is 25.6 Å². The average Bonchev–Trinajstić information content (AvgIpc) is 3.82. The van der Waals surface area contributed by atoms with E-state index in [1.807, 2.05) is 4.57 Å². The average molecular weight is 671 g/mol. The monoisotopic (exact) mass is 670 g/mol. The number of fused-ring (bicyclic) bond motifs is 3. The number of methoxy groups -OCH3 is 1. The van der Waals surface area contributed by atoms with Crippen LogP contribution in [0.25, 0.3) is 5.69 Å². The second-order valence-corrected chi connectivity index (χ2v) is 14.2. The Kier molecular flexibility index (Phi) is 9.44. The van der Waals surface area contributed by atoms with Gasteiger partial charge in [0.2, 0.25) is 5.95 Å². The van der Waals surface area contributed by atoms with Crippen molar-refractivity contribution >= 4 is 23.4 Å². The summed E-state index contributed by atoms with van der Waals surface area (Å²) < 4.78 is 23.2. The third-order valence-corrected chi connectivity index (χ3v) is 10.7. The Bertz CT molecular complexity index is 1730. The van der Waals surface area contributed by atoms with E-state index in [0.29, 0.717) is 40.7 Å². The van der Waals surface area contributed by atoms with Crippen molar-refractivity contribution in [2.75, 3.05) is 37.0 Å². The number of imidazole rings is 1. The number of hydrogen-bond donors (Lipinski definition) is 3. The van der Waals surface area contributed by atoms with Crippen LogP contribution in [0.4, 0.5) is 21.8 Å². The van der Waals surface area contributed by atoms with Gasteiger partial charge in [0.05, 0.1) is 36.3 Å². The number of piperidine rings is 2. The maximum Gasteiger partial charge on any atom is 0.254 e. The van der Waals surface area contributed by atoms with Crippen molar-refractivity contribution in [1.29, 1.82) is 5.26 Å². The van der Waals surface area contributed by atoms with E-state index >= 15 is 4.39 Å². The summed E-state index contributed by atoms with van der Waals surface area (Å²) in [4.78, 5) is 32.1. The second kappa shape index (κ2) is 13.9. The predicted octanol–water partition coefficient (Wildman–Crippen LogP) is 5.22. The Balaban J connectivity index is 1.09. The summed E-state index contributed by atoms with van der Waals surface area (Å²) in [6.45, 7) is 9.31. The van der Waals surface area contributed by atoms with E-state index in [1.165, 1.54) is 51.3 Å². The molecule has 2 aromatic heterocycles. The van der Waals surface area contributed by atoms with Gasteiger partial charge in [0.15, 0.2) is 11.5 Å². The third-order valence-electron chi connectivity index (χ3n) is 10.7. The lowest BCUT2D eigenvalue weighted by atomic mass is 9.89. The number of amides is 1. The van der Waals surface area contributed by atoms with Gasteiger partial charge >= 0.3 is 0 Å². The third kappa shape index (κ3) is 6.56. The highest BCUT2D eigenvalue weighted by atomic mass is 19.1. The van der Waals surface area contributed by atoms with E-state index < -0.39 is 11.7 Å². The van der Waals surface area contributed by atoms with Gasteiger partial charge in [0, 0.05) is 36.8 Å². The molecule has 3 atom stereocenters. The van der Waals surface area contributed by atoms with Crippen molar-refractivity contribution in [3.05, 3.63) is 47.4 Å². The predicted molar refractivity (Wildman–Crippen MR) is 185 cm³/mol. The summed E-state index contributed by atoms with van der Waals surface area (Å²) in [5.74, 6) is 0.954. The molecule has 1 amide bonds. The summed E-state index contributed by atoms with van der Waals surface area (Å²) in [6, 6.07) is 5.94. The molecule has 13 heteroatoms. The second-order valence-electron chi connectivity index (χ2n) is 14.2. The minimum atomic E-state index is -0.651. The van der Waals surface area contributed by atoms with Crippen molar-refractivity contribution in [1.82, 2.24) is 35.1 Å². The molecular weight excluding hydrogens is 623 g/mol. The van der Waals surface area contributed by atoms with Crippen LogP contribution in [0.2, 0.25) is 0 Å². The van der Waals surface area contributed by atoms with E-state index in [-0.39, 0.29) is 29.6 Å². The number of carbonyl (C=O) groups excluding carboxylic acids is 1. The number of ether oxygens (including phenoxy) is 1. The molecule has 1 saturated carbocycles. The van der Waals surface area contributed by atoms with Crippen molar-refractivity contribution in [2.45, 2.75) is 102 Å². The maximum atomic E-state index is 15.7. The smallest absolute Gasteiger partial charge is 0.254 e. The molecule has 3 aliphatic heterocycles. The van der Waals surface area contributed by atoms with Gasteiger partial charge in [0.25, 0.3) is 5.91 Å². The molecule has 3 fully saturated rings. The van der Waals surface area contributed by atoms with Crippen LogP contribution in [0.5, 0.6) is 5.75 Å². The molecule has 5 heterocycles. The quantitative estimate of drug-likeness (QED) is 0.264. The molecule has 0 bridgehead atoms. The van der Waals surface area contributed by atoms with Crippen molar-refractivity contribution in [3.8, 4) is 17.5 Å². The fraction of sp³-hybridized carbons (Fsp3) is 0.583. The van der Waals surface area contributed by atoms with Gasteiger partial charge in [-0.15, -0.1) is 0 Å². The number of anilines is 3. The topological polar surface area (TPSA) is 136 Å². The molecule has 1 aliphatic carbocycles. The highest BCUT2D eigenvalue weighted by Gasteiger charge is 2.38. The molecule has 260 valence electrons. The molecule has 1 unspecified atom stereocenters. The first-order valence-electron chi connectivity index (χ1n) is 17.8. The Morgan fingerprint density at radius 2 is 1.98 bits per heavy atom. The lowest BCUT2D eigenvalue weighted by Gasteiger charge is -2.45. The van der Waals surface area contributed by atoms with Gasteiger partial charge in [-0.2, -0.15) is 10.2 Å². The SMILES string of the molecule is CC[C@@H]1c2c(C#N)ncn2-c2cnc(Nc3cc(F)c(C(=O)NC4CCN(C5CCNCC5)[C@H](CC5CC5)C4)cc3OC)nc2N1C(C)C. The van der Waals surface area contributed by atoms with Gasteiger partial charge < -0.3 is 25.6 Å².